The maximum atomic E-state index is 12.6. The minimum Gasteiger partial charge on any atom is -0.444 e. The summed E-state index contributed by atoms with van der Waals surface area (Å²) in [6.07, 6.45) is 0.633. The second-order valence-corrected chi connectivity index (χ2v) is 7.90. The van der Waals surface area contributed by atoms with Gasteiger partial charge in [0, 0.05) is 44.7 Å². The van der Waals surface area contributed by atoms with Crippen molar-refractivity contribution < 1.29 is 19.1 Å². The third kappa shape index (κ3) is 6.55. The van der Waals surface area contributed by atoms with Gasteiger partial charge in [-0.3, -0.25) is 9.59 Å². The molecule has 0 spiro atoms. The molecule has 7 nitrogen and oxygen atoms in total. The number of piperazine rings is 1. The van der Waals surface area contributed by atoms with Crippen molar-refractivity contribution in [2.24, 2.45) is 0 Å². The van der Waals surface area contributed by atoms with Gasteiger partial charge in [-0.1, -0.05) is 19.1 Å². The van der Waals surface area contributed by atoms with E-state index in [0.29, 0.717) is 31.7 Å². The molecule has 1 fully saturated rings. The van der Waals surface area contributed by atoms with Crippen molar-refractivity contribution in [3.05, 3.63) is 35.4 Å². The topological polar surface area (TPSA) is 79.0 Å². The van der Waals surface area contributed by atoms with E-state index in [2.05, 4.69) is 12.2 Å². The molecule has 1 aromatic carbocycles. The third-order valence-corrected chi connectivity index (χ3v) is 4.54. The quantitative estimate of drug-likeness (QED) is 0.839. The molecule has 0 saturated carbocycles. The van der Waals surface area contributed by atoms with E-state index in [1.54, 1.807) is 30.6 Å². The highest BCUT2D eigenvalue weighted by Gasteiger charge is 2.25. The van der Waals surface area contributed by atoms with Crippen LogP contribution in [0.15, 0.2) is 24.3 Å². The average molecular weight is 389 g/mol. The van der Waals surface area contributed by atoms with Gasteiger partial charge < -0.3 is 19.9 Å². The number of aryl methyl sites for hydroxylation is 1. The van der Waals surface area contributed by atoms with E-state index in [1.807, 2.05) is 24.3 Å². The Labute approximate surface area is 167 Å². The van der Waals surface area contributed by atoms with E-state index in [0.717, 1.165) is 6.42 Å². The lowest BCUT2D eigenvalue weighted by molar-refractivity contribution is -0.132. The summed E-state index contributed by atoms with van der Waals surface area (Å²) in [5.41, 5.74) is 1.32. The van der Waals surface area contributed by atoms with E-state index in [1.165, 1.54) is 5.56 Å². The van der Waals surface area contributed by atoms with Gasteiger partial charge in [0.1, 0.15) is 5.60 Å². The Morgan fingerprint density at radius 3 is 2.11 bits per heavy atom. The second-order valence-electron chi connectivity index (χ2n) is 7.90. The number of ether oxygens (including phenoxy) is 1. The van der Waals surface area contributed by atoms with E-state index in [4.69, 9.17) is 4.74 Å². The number of nitrogens with zero attached hydrogens (tertiary/aromatic N) is 2. The SMILES string of the molecule is CCc1ccc(C(=O)N2CCN(C(=O)CCNC(=O)OC(C)(C)C)CC2)cc1. The van der Waals surface area contributed by atoms with Crippen molar-refractivity contribution in [3.63, 3.8) is 0 Å². The third-order valence-electron chi connectivity index (χ3n) is 4.54. The number of hydrogen-bond donors (Lipinski definition) is 1. The lowest BCUT2D eigenvalue weighted by Gasteiger charge is -2.35. The first-order chi connectivity index (χ1) is 13.2. The standard InChI is InChI=1S/C21H31N3O4/c1-5-16-6-8-17(9-7-16)19(26)24-14-12-23(13-15-24)18(25)10-11-22-20(27)28-21(2,3)4/h6-9H,5,10-15H2,1-4H3,(H,22,27). The van der Waals surface area contributed by atoms with E-state index in [-0.39, 0.29) is 24.8 Å². The van der Waals surface area contributed by atoms with Crippen LogP contribution in [-0.2, 0) is 16.0 Å². The normalized spacial score (nSPS) is 14.6. The summed E-state index contributed by atoms with van der Waals surface area (Å²) in [6.45, 7) is 9.71. The summed E-state index contributed by atoms with van der Waals surface area (Å²) < 4.78 is 5.14. The second kappa shape index (κ2) is 9.57. The van der Waals surface area contributed by atoms with Crippen LogP contribution in [-0.4, -0.2) is 66.0 Å². The monoisotopic (exact) mass is 389 g/mol. The minimum atomic E-state index is -0.562. The molecule has 2 rings (SSSR count). The van der Waals surface area contributed by atoms with Crippen LogP contribution >= 0.6 is 0 Å². The smallest absolute Gasteiger partial charge is 0.407 e. The summed E-state index contributed by atoms with van der Waals surface area (Å²) in [4.78, 5) is 40.0. The Morgan fingerprint density at radius 1 is 1.00 bits per heavy atom. The summed E-state index contributed by atoms with van der Waals surface area (Å²) >= 11 is 0. The highest BCUT2D eigenvalue weighted by Crippen LogP contribution is 2.12. The first kappa shape index (κ1) is 21.7. The Hall–Kier alpha value is -2.57. The van der Waals surface area contributed by atoms with Crippen LogP contribution in [0.3, 0.4) is 0 Å². The molecule has 7 heteroatoms. The molecule has 1 saturated heterocycles. The van der Waals surface area contributed by atoms with Crippen molar-refractivity contribution in [2.45, 2.75) is 46.1 Å². The van der Waals surface area contributed by atoms with Gasteiger partial charge in [-0.15, -0.1) is 0 Å². The zero-order chi connectivity index (χ0) is 20.7. The Kier molecular flexibility index (Phi) is 7.43. The first-order valence-electron chi connectivity index (χ1n) is 9.82. The first-order valence-corrected chi connectivity index (χ1v) is 9.82. The highest BCUT2D eigenvalue weighted by atomic mass is 16.6. The van der Waals surface area contributed by atoms with Crippen molar-refractivity contribution in [1.29, 1.82) is 0 Å². The van der Waals surface area contributed by atoms with Crippen molar-refractivity contribution in [3.8, 4) is 0 Å². The van der Waals surface area contributed by atoms with Crippen LogP contribution in [0.4, 0.5) is 4.79 Å². The molecule has 0 aromatic heterocycles. The van der Waals surface area contributed by atoms with E-state index >= 15 is 0 Å². The zero-order valence-electron chi connectivity index (χ0n) is 17.3. The van der Waals surface area contributed by atoms with Gasteiger partial charge >= 0.3 is 6.09 Å². The van der Waals surface area contributed by atoms with Crippen LogP contribution in [0, 0.1) is 0 Å². The molecule has 0 aliphatic carbocycles. The number of hydrogen-bond acceptors (Lipinski definition) is 4. The van der Waals surface area contributed by atoms with Gasteiger partial charge in [0.25, 0.3) is 5.91 Å². The predicted octanol–water partition coefficient (Wildman–Crippen LogP) is 2.45. The fourth-order valence-electron chi connectivity index (χ4n) is 2.97. The van der Waals surface area contributed by atoms with Crippen molar-refractivity contribution >= 4 is 17.9 Å². The predicted molar refractivity (Wildman–Crippen MR) is 107 cm³/mol. The summed E-state index contributed by atoms with van der Waals surface area (Å²) in [5, 5.41) is 2.59. The number of benzene rings is 1. The number of rotatable bonds is 5. The van der Waals surface area contributed by atoms with Crippen molar-refractivity contribution in [2.75, 3.05) is 32.7 Å². The molecular weight excluding hydrogens is 358 g/mol. The van der Waals surface area contributed by atoms with Crippen LogP contribution in [0.5, 0.6) is 0 Å². The number of nitrogens with one attached hydrogen (secondary N) is 1. The van der Waals surface area contributed by atoms with Crippen LogP contribution in [0.1, 0.15) is 50.0 Å². The molecule has 0 atom stereocenters. The minimum absolute atomic E-state index is 0.00124. The molecular formula is C21H31N3O4. The summed E-state index contributed by atoms with van der Waals surface area (Å²) in [7, 11) is 0. The molecule has 1 aromatic rings. The Bertz CT molecular complexity index is 687. The lowest BCUT2D eigenvalue weighted by Crippen LogP contribution is -2.51. The Morgan fingerprint density at radius 2 is 1.57 bits per heavy atom. The van der Waals surface area contributed by atoms with E-state index < -0.39 is 11.7 Å². The molecule has 0 unspecified atom stereocenters. The summed E-state index contributed by atoms with van der Waals surface area (Å²) in [6, 6.07) is 7.68. The molecule has 3 amide bonds. The van der Waals surface area contributed by atoms with Crippen LogP contribution in [0.25, 0.3) is 0 Å². The number of carbonyl (C=O) groups is 3. The van der Waals surface area contributed by atoms with Crippen LogP contribution in [0.2, 0.25) is 0 Å². The van der Waals surface area contributed by atoms with E-state index in [9.17, 15) is 14.4 Å². The number of amides is 3. The maximum absolute atomic E-state index is 12.6. The molecule has 1 heterocycles. The van der Waals surface area contributed by atoms with Crippen LogP contribution < -0.4 is 5.32 Å². The highest BCUT2D eigenvalue weighted by molar-refractivity contribution is 5.94. The largest absolute Gasteiger partial charge is 0.444 e. The van der Waals surface area contributed by atoms with Gasteiger partial charge in [0.05, 0.1) is 0 Å². The van der Waals surface area contributed by atoms with Gasteiger partial charge in [-0.2, -0.15) is 0 Å². The van der Waals surface area contributed by atoms with Gasteiger partial charge in [0.15, 0.2) is 0 Å². The lowest BCUT2D eigenvalue weighted by atomic mass is 10.1. The molecule has 28 heavy (non-hydrogen) atoms. The molecule has 1 aliphatic heterocycles. The molecule has 0 bridgehead atoms. The Balaban J connectivity index is 1.74. The van der Waals surface area contributed by atoms with Gasteiger partial charge in [0.2, 0.25) is 5.91 Å². The molecule has 0 radical (unpaired) electrons. The molecule has 154 valence electrons. The van der Waals surface area contributed by atoms with Gasteiger partial charge in [-0.25, -0.2) is 4.79 Å². The van der Waals surface area contributed by atoms with Gasteiger partial charge in [-0.05, 0) is 44.9 Å². The maximum Gasteiger partial charge on any atom is 0.407 e. The van der Waals surface area contributed by atoms with Crippen molar-refractivity contribution in [1.82, 2.24) is 15.1 Å². The molecule has 1 aliphatic rings. The number of alkyl carbamates (subject to hydrolysis) is 1. The number of carbonyl (C=O) groups excluding carboxylic acids is 3. The zero-order valence-corrected chi connectivity index (χ0v) is 17.3. The average Bonchev–Trinajstić information content (AvgIpc) is 2.66. The summed E-state index contributed by atoms with van der Waals surface area (Å²) in [5.74, 6) is -0.0307. The molecule has 1 N–H and O–H groups in total. The fraction of sp³-hybridized carbons (Fsp3) is 0.571. The fourth-order valence-corrected chi connectivity index (χ4v) is 2.97.